The van der Waals surface area contributed by atoms with Crippen molar-refractivity contribution in [1.29, 1.82) is 0 Å². The zero-order valence-corrected chi connectivity index (χ0v) is 37.8. The van der Waals surface area contributed by atoms with E-state index in [2.05, 4.69) is 36.1 Å². The number of carbonyl (C=O) groups excluding carboxylic acids is 4. The van der Waals surface area contributed by atoms with Gasteiger partial charge in [0, 0.05) is 25.2 Å². The Balaban J connectivity index is 0.885. The molecule has 0 spiro atoms. The van der Waals surface area contributed by atoms with Gasteiger partial charge in [0.05, 0.1) is 46.3 Å². The van der Waals surface area contributed by atoms with Crippen molar-refractivity contribution < 1.29 is 28.7 Å². The summed E-state index contributed by atoms with van der Waals surface area (Å²) in [6, 6.07) is 26.4. The van der Waals surface area contributed by atoms with Gasteiger partial charge in [-0.15, -0.1) is 11.3 Å². The molecule has 332 valence electrons. The number of nitrogens with one attached hydrogen (secondary N) is 4. The molecule has 1 aliphatic heterocycles. The molecule has 64 heavy (non-hydrogen) atoms. The van der Waals surface area contributed by atoms with Crippen LogP contribution in [0.4, 0.5) is 5.69 Å². The molecule has 14 nitrogen and oxygen atoms in total. The quantitative estimate of drug-likeness (QED) is 0.0748. The molecule has 0 saturated carbocycles. The molecule has 0 bridgehead atoms. The second-order valence-corrected chi connectivity index (χ2v) is 17.8. The normalized spacial score (nSPS) is 14.7. The highest BCUT2D eigenvalue weighted by atomic mass is 32.1. The minimum Gasteiger partial charge on any atom is -0.494 e. The number of nitrogens with zero attached hydrogens (tertiary/aromatic N) is 4. The maximum atomic E-state index is 14.1. The third-order valence-corrected chi connectivity index (χ3v) is 12.3. The lowest BCUT2D eigenvalue weighted by atomic mass is 9.85. The molecular formula is C49H54N8O6S. The molecule has 0 aliphatic carbocycles. The molecule has 6 aromatic rings. The van der Waals surface area contributed by atoms with Crippen LogP contribution >= 0.6 is 11.3 Å². The monoisotopic (exact) mass is 882 g/mol. The van der Waals surface area contributed by atoms with Crippen LogP contribution < -0.4 is 25.4 Å². The Kier molecular flexibility index (Phi) is 14.2. The van der Waals surface area contributed by atoms with E-state index < -0.39 is 23.4 Å². The minimum absolute atomic E-state index is 0.187. The number of aromatic nitrogens is 4. The smallest absolute Gasteiger partial charge is 0.274 e. The summed E-state index contributed by atoms with van der Waals surface area (Å²) in [6.45, 7) is 10.4. The van der Waals surface area contributed by atoms with Crippen LogP contribution in [0.5, 0.6) is 11.5 Å². The van der Waals surface area contributed by atoms with E-state index in [0.717, 1.165) is 32.8 Å². The number of ether oxygens (including phenoxy) is 2. The molecule has 4 N–H and O–H groups in total. The fourth-order valence-electron chi connectivity index (χ4n) is 7.63. The summed E-state index contributed by atoms with van der Waals surface area (Å²) >= 11 is 1.60. The second-order valence-electron chi connectivity index (χ2n) is 17.0. The Hall–Kier alpha value is -6.87. The van der Waals surface area contributed by atoms with Gasteiger partial charge < -0.3 is 30.3 Å². The SMILES string of the molecule is COc1cc(OCc2ccc(CCC(=O)N[C@H](C(=O)N3CCC[C@H]3C(=O)N[C@@H](C)c3ccc(-c4scnc4C)cc3)C(C)(C)C)cc2)ccc1NC(=O)c1cccc(-c2ccn[nH]2)n1. The van der Waals surface area contributed by atoms with Crippen molar-refractivity contribution in [3.63, 3.8) is 0 Å². The third-order valence-electron chi connectivity index (χ3n) is 11.3. The third kappa shape index (κ3) is 11.0. The maximum Gasteiger partial charge on any atom is 0.274 e. The Morgan fingerprint density at radius 1 is 0.953 bits per heavy atom. The largest absolute Gasteiger partial charge is 0.494 e. The molecule has 15 heteroatoms. The van der Waals surface area contributed by atoms with Gasteiger partial charge in [0.1, 0.15) is 35.9 Å². The topological polar surface area (TPSA) is 181 Å². The van der Waals surface area contributed by atoms with Crippen LogP contribution in [-0.2, 0) is 27.4 Å². The lowest BCUT2D eigenvalue weighted by molar-refractivity contribution is -0.144. The number of hydrogen-bond acceptors (Lipinski definition) is 10. The van der Waals surface area contributed by atoms with Crippen molar-refractivity contribution in [3.8, 4) is 33.3 Å². The zero-order chi connectivity index (χ0) is 45.4. The van der Waals surface area contributed by atoms with E-state index in [0.29, 0.717) is 54.4 Å². The summed E-state index contributed by atoms with van der Waals surface area (Å²) in [5.41, 5.74) is 8.17. The summed E-state index contributed by atoms with van der Waals surface area (Å²) in [5, 5.41) is 15.8. The van der Waals surface area contributed by atoms with Crippen molar-refractivity contribution in [2.75, 3.05) is 19.0 Å². The van der Waals surface area contributed by atoms with Crippen LogP contribution in [0.3, 0.4) is 0 Å². The molecule has 3 aromatic heterocycles. The van der Waals surface area contributed by atoms with Crippen molar-refractivity contribution in [1.82, 2.24) is 35.7 Å². The number of thiazole rings is 1. The number of hydrogen-bond donors (Lipinski definition) is 4. The number of anilines is 1. The zero-order valence-electron chi connectivity index (χ0n) is 36.9. The van der Waals surface area contributed by atoms with Gasteiger partial charge in [0.15, 0.2) is 0 Å². The van der Waals surface area contributed by atoms with Gasteiger partial charge in [-0.2, -0.15) is 5.10 Å². The van der Waals surface area contributed by atoms with Crippen LogP contribution in [0, 0.1) is 12.3 Å². The van der Waals surface area contributed by atoms with E-state index in [-0.39, 0.29) is 42.5 Å². The molecule has 3 atom stereocenters. The average Bonchev–Trinajstić information content (AvgIpc) is 4.11. The van der Waals surface area contributed by atoms with Crippen LogP contribution in [0.1, 0.15) is 85.9 Å². The van der Waals surface area contributed by atoms with Gasteiger partial charge in [-0.1, -0.05) is 75.4 Å². The first kappa shape index (κ1) is 45.2. The highest BCUT2D eigenvalue weighted by molar-refractivity contribution is 7.13. The Morgan fingerprint density at radius 2 is 1.72 bits per heavy atom. The van der Waals surface area contributed by atoms with Crippen LogP contribution in [0.15, 0.2) is 103 Å². The Labute approximate surface area is 377 Å². The van der Waals surface area contributed by atoms with E-state index >= 15 is 0 Å². The van der Waals surface area contributed by atoms with E-state index in [1.807, 2.05) is 88.7 Å². The maximum absolute atomic E-state index is 14.1. The van der Waals surface area contributed by atoms with Crippen molar-refractivity contribution in [3.05, 3.63) is 131 Å². The second kappa shape index (κ2) is 20.1. The molecule has 0 unspecified atom stereocenters. The number of aromatic amines is 1. The molecule has 1 saturated heterocycles. The molecule has 1 fully saturated rings. The minimum atomic E-state index is -0.806. The number of carbonyl (C=O) groups is 4. The molecular weight excluding hydrogens is 829 g/mol. The van der Waals surface area contributed by atoms with Gasteiger partial charge in [-0.3, -0.25) is 24.3 Å². The average molecular weight is 883 g/mol. The molecule has 0 radical (unpaired) electrons. The van der Waals surface area contributed by atoms with E-state index in [1.165, 1.54) is 7.11 Å². The molecule has 7 rings (SSSR count). The summed E-state index contributed by atoms with van der Waals surface area (Å²) in [7, 11) is 1.52. The lowest BCUT2D eigenvalue weighted by Crippen LogP contribution is -2.57. The first-order valence-electron chi connectivity index (χ1n) is 21.3. The summed E-state index contributed by atoms with van der Waals surface area (Å²) in [5.74, 6) is -0.0957. The Morgan fingerprint density at radius 3 is 2.41 bits per heavy atom. The number of aryl methyl sites for hydroxylation is 2. The molecule has 3 aromatic carbocycles. The molecule has 1 aliphatic rings. The number of likely N-dealkylation sites (tertiary alicyclic amines) is 1. The highest BCUT2D eigenvalue weighted by Gasteiger charge is 2.42. The van der Waals surface area contributed by atoms with Gasteiger partial charge in [-0.05, 0) is 91.1 Å². The van der Waals surface area contributed by atoms with Crippen LogP contribution in [0.2, 0.25) is 0 Å². The first-order chi connectivity index (χ1) is 30.8. The van der Waals surface area contributed by atoms with Gasteiger partial charge in [0.25, 0.3) is 5.91 Å². The standard InChI is InChI=1S/C49H54N8O6S/c1-30(34-17-19-35(20-18-34)44-31(2)50-29-64-44)52-47(60)41-11-8-26-57(41)48(61)45(49(3,4)5)55-43(58)23-16-32-12-14-33(15-13-32)28-63-36-21-22-39(42(27-36)62-6)54-46(59)40-10-7-9-37(53-40)38-24-25-51-56-38/h7,9-10,12-15,17-22,24-25,27,29-30,41,45H,8,11,16,23,26,28H2,1-6H3,(H,51,56)(H,52,60)(H,54,59)(H,55,58)/t30-,41-,45+/m0/s1. The van der Waals surface area contributed by atoms with Crippen LogP contribution in [-0.4, -0.2) is 74.4 Å². The predicted octanol–water partition coefficient (Wildman–Crippen LogP) is 8.08. The van der Waals surface area contributed by atoms with E-state index in [4.69, 9.17) is 9.47 Å². The molecule has 4 amide bonds. The lowest BCUT2D eigenvalue weighted by Gasteiger charge is -2.35. The van der Waals surface area contributed by atoms with Crippen molar-refractivity contribution >= 4 is 40.7 Å². The van der Waals surface area contributed by atoms with Crippen molar-refractivity contribution in [2.24, 2.45) is 5.41 Å². The Bertz CT molecular complexity index is 2570. The molecule has 4 heterocycles. The summed E-state index contributed by atoms with van der Waals surface area (Å²) in [6.07, 6.45) is 3.55. The number of methoxy groups -OCH3 is 1. The fourth-order valence-corrected chi connectivity index (χ4v) is 8.44. The van der Waals surface area contributed by atoms with Gasteiger partial charge in [-0.25, -0.2) is 9.97 Å². The number of rotatable bonds is 16. The van der Waals surface area contributed by atoms with Crippen molar-refractivity contribution in [2.45, 2.75) is 85.0 Å². The van der Waals surface area contributed by atoms with Crippen LogP contribution in [0.25, 0.3) is 21.8 Å². The number of H-pyrrole nitrogens is 1. The number of pyridine rings is 1. The van der Waals surface area contributed by atoms with Gasteiger partial charge >= 0.3 is 0 Å². The summed E-state index contributed by atoms with van der Waals surface area (Å²) in [4.78, 5) is 65.8. The summed E-state index contributed by atoms with van der Waals surface area (Å²) < 4.78 is 11.6. The van der Waals surface area contributed by atoms with E-state index in [9.17, 15) is 19.2 Å². The number of benzene rings is 3. The highest BCUT2D eigenvalue weighted by Crippen LogP contribution is 2.32. The first-order valence-corrected chi connectivity index (χ1v) is 22.2. The van der Waals surface area contributed by atoms with E-state index in [1.54, 1.807) is 64.9 Å². The number of amides is 4. The van der Waals surface area contributed by atoms with Gasteiger partial charge in [0.2, 0.25) is 17.7 Å². The fraction of sp³-hybridized carbons (Fsp3) is 0.327. The predicted molar refractivity (Wildman–Crippen MR) is 247 cm³/mol.